The first-order valence-electron chi connectivity index (χ1n) is 8.91. The monoisotopic (exact) mass is 429 g/mol. The molecule has 0 radical (unpaired) electrons. The number of carbonyl (C=O) groups excluding carboxylic acids is 4. The Kier molecular flexibility index (Phi) is 6.60. The number of benzene rings is 1. The number of allylic oxidation sites excluding steroid dienone is 2. The molecule has 1 aromatic carbocycles. The molecule has 2 aliphatic heterocycles. The van der Waals surface area contributed by atoms with Crippen molar-refractivity contribution < 1.29 is 24.3 Å². The second kappa shape index (κ2) is 9.15. The summed E-state index contributed by atoms with van der Waals surface area (Å²) in [6, 6.07) is 8.58. The van der Waals surface area contributed by atoms with Crippen LogP contribution in [0, 0.1) is 0 Å². The zero-order valence-electron chi connectivity index (χ0n) is 15.3. The van der Waals surface area contributed by atoms with Gasteiger partial charge in [-0.3, -0.25) is 24.2 Å². The van der Waals surface area contributed by atoms with Gasteiger partial charge in [0.2, 0.25) is 5.91 Å². The zero-order valence-corrected chi connectivity index (χ0v) is 16.9. The number of nitrogens with zero attached hydrogens (tertiary/aromatic N) is 2. The first-order valence-corrected chi connectivity index (χ1v) is 10.1. The van der Waals surface area contributed by atoms with Crippen molar-refractivity contribution in [1.82, 2.24) is 9.80 Å². The van der Waals surface area contributed by atoms with E-state index in [0.29, 0.717) is 4.91 Å². The Labute approximate surface area is 177 Å². The van der Waals surface area contributed by atoms with Crippen LogP contribution in [0.5, 0.6) is 0 Å². The van der Waals surface area contributed by atoms with Crippen molar-refractivity contribution in [3.05, 3.63) is 53.0 Å². The van der Waals surface area contributed by atoms with Gasteiger partial charge in [-0.05, 0) is 24.5 Å². The van der Waals surface area contributed by atoms with E-state index >= 15 is 0 Å². The van der Waals surface area contributed by atoms with Crippen LogP contribution in [0.15, 0.2) is 47.4 Å². The Hall–Kier alpha value is -2.78. The molecule has 7 nitrogen and oxygen atoms in total. The van der Waals surface area contributed by atoms with E-state index in [0.717, 1.165) is 22.2 Å². The molecule has 1 atom stereocenters. The van der Waals surface area contributed by atoms with Crippen LogP contribution < -0.4 is 5.11 Å². The van der Waals surface area contributed by atoms with Gasteiger partial charge >= 0.3 is 0 Å². The Morgan fingerprint density at radius 1 is 1.24 bits per heavy atom. The summed E-state index contributed by atoms with van der Waals surface area (Å²) in [5, 5.41) is 10.5. The maximum absolute atomic E-state index is 12.8. The van der Waals surface area contributed by atoms with Crippen molar-refractivity contribution in [2.45, 2.75) is 25.3 Å². The van der Waals surface area contributed by atoms with Gasteiger partial charge < -0.3 is 9.90 Å². The van der Waals surface area contributed by atoms with Gasteiger partial charge in [0.15, 0.2) is 0 Å². The summed E-state index contributed by atoms with van der Waals surface area (Å²) in [5.74, 6) is -2.64. The van der Waals surface area contributed by atoms with E-state index in [9.17, 15) is 24.3 Å². The molecule has 3 rings (SSSR count). The molecule has 29 heavy (non-hydrogen) atoms. The molecule has 2 aliphatic rings. The number of thiocarbonyl (C=S) groups is 1. The lowest BCUT2D eigenvalue weighted by atomic mass is 10.2. The molecule has 150 valence electrons. The van der Waals surface area contributed by atoms with Gasteiger partial charge in [-0.2, -0.15) is 0 Å². The summed E-state index contributed by atoms with van der Waals surface area (Å²) in [6.45, 7) is -0.0212. The Morgan fingerprint density at radius 2 is 1.97 bits per heavy atom. The third-order valence-corrected chi connectivity index (χ3v) is 5.80. The smallest absolute Gasteiger partial charge is 0.266 e. The number of carbonyl (C=O) groups is 4. The first kappa shape index (κ1) is 20.9. The van der Waals surface area contributed by atoms with Crippen LogP contribution in [0.2, 0.25) is 0 Å². The molecule has 3 amide bonds. The lowest BCUT2D eigenvalue weighted by Crippen LogP contribution is -2.44. The van der Waals surface area contributed by atoms with Crippen molar-refractivity contribution >= 4 is 58.1 Å². The predicted molar refractivity (Wildman–Crippen MR) is 110 cm³/mol. The summed E-state index contributed by atoms with van der Waals surface area (Å²) >= 11 is 6.34. The molecular formula is C20H17N2O5S2-. The van der Waals surface area contributed by atoms with Gasteiger partial charge in [-0.1, -0.05) is 66.5 Å². The van der Waals surface area contributed by atoms with E-state index in [1.807, 2.05) is 36.4 Å². The first-order chi connectivity index (χ1) is 13.9. The minimum atomic E-state index is -1.24. The van der Waals surface area contributed by atoms with Crippen molar-refractivity contribution in [3.8, 4) is 0 Å². The van der Waals surface area contributed by atoms with Crippen LogP contribution in [0.25, 0.3) is 6.08 Å². The molecule has 0 aliphatic carbocycles. The van der Waals surface area contributed by atoms with Gasteiger partial charge in [0.1, 0.15) is 10.4 Å². The fourth-order valence-electron chi connectivity index (χ4n) is 3.06. The molecule has 0 unspecified atom stereocenters. The molecule has 2 heterocycles. The van der Waals surface area contributed by atoms with Crippen LogP contribution in [-0.4, -0.2) is 50.4 Å². The van der Waals surface area contributed by atoms with Crippen molar-refractivity contribution in [3.63, 3.8) is 0 Å². The van der Waals surface area contributed by atoms with E-state index in [2.05, 4.69) is 0 Å². The zero-order chi connectivity index (χ0) is 21.0. The number of imide groups is 1. The predicted octanol–water partition coefficient (Wildman–Crippen LogP) is 1.10. The van der Waals surface area contributed by atoms with E-state index in [1.165, 1.54) is 4.90 Å². The van der Waals surface area contributed by atoms with Gasteiger partial charge in [0, 0.05) is 12.5 Å². The normalized spacial score (nSPS) is 21.2. The van der Waals surface area contributed by atoms with Crippen LogP contribution in [0.3, 0.4) is 0 Å². The molecule has 2 saturated heterocycles. The second-order valence-electron chi connectivity index (χ2n) is 6.42. The molecule has 0 bridgehead atoms. The number of likely N-dealkylation sites (tertiary alicyclic amines) is 1. The number of rotatable bonds is 7. The molecule has 1 aromatic rings. The average Bonchev–Trinajstić information content (AvgIpc) is 3.11. The van der Waals surface area contributed by atoms with Crippen LogP contribution in [-0.2, 0) is 19.2 Å². The minimum Gasteiger partial charge on any atom is -0.550 e. The summed E-state index contributed by atoms with van der Waals surface area (Å²) in [6.07, 6.45) is 4.90. The van der Waals surface area contributed by atoms with Gasteiger partial charge in [-0.15, -0.1) is 0 Å². The molecule has 0 aromatic heterocycles. The summed E-state index contributed by atoms with van der Waals surface area (Å²) in [5.41, 5.74) is 0.975. The highest BCUT2D eigenvalue weighted by molar-refractivity contribution is 8.26. The second-order valence-corrected chi connectivity index (χ2v) is 8.10. The molecule has 2 fully saturated rings. The molecule has 0 N–H and O–H groups in total. The number of amides is 3. The molecule has 9 heteroatoms. The van der Waals surface area contributed by atoms with E-state index in [4.69, 9.17) is 12.2 Å². The van der Waals surface area contributed by atoms with Gasteiger partial charge in [-0.25, -0.2) is 0 Å². The number of hydrogen-bond donors (Lipinski definition) is 0. The number of aliphatic carboxylic acids is 1. The highest BCUT2D eigenvalue weighted by Gasteiger charge is 2.47. The maximum atomic E-state index is 12.8. The Morgan fingerprint density at radius 3 is 2.66 bits per heavy atom. The SMILES string of the molecule is O=C([O-])CCCN1C(=O)C[C@H](N2C(=O)/C(=C/C=C/c3ccccc3)SC2=S)C1=O. The molecule has 0 saturated carbocycles. The third kappa shape index (κ3) is 4.80. The van der Waals surface area contributed by atoms with E-state index in [-0.39, 0.29) is 30.1 Å². The summed E-state index contributed by atoms with van der Waals surface area (Å²) in [4.78, 5) is 50.6. The Bertz CT molecular complexity index is 926. The quantitative estimate of drug-likeness (QED) is 0.364. The molecular weight excluding hydrogens is 412 g/mol. The van der Waals surface area contributed by atoms with Crippen molar-refractivity contribution in [1.29, 1.82) is 0 Å². The third-order valence-electron chi connectivity index (χ3n) is 4.45. The van der Waals surface area contributed by atoms with Crippen LogP contribution in [0.1, 0.15) is 24.8 Å². The number of carboxylic acids is 1. The van der Waals surface area contributed by atoms with E-state index < -0.39 is 29.7 Å². The summed E-state index contributed by atoms with van der Waals surface area (Å²) in [7, 11) is 0. The topological polar surface area (TPSA) is 97.8 Å². The Balaban J connectivity index is 1.68. The minimum absolute atomic E-state index is 0.0212. The van der Waals surface area contributed by atoms with Gasteiger partial charge in [0.25, 0.3) is 11.8 Å². The van der Waals surface area contributed by atoms with Crippen molar-refractivity contribution in [2.75, 3.05) is 6.54 Å². The lowest BCUT2D eigenvalue weighted by molar-refractivity contribution is -0.305. The summed E-state index contributed by atoms with van der Waals surface area (Å²) < 4.78 is 0.220. The average molecular weight is 429 g/mol. The van der Waals surface area contributed by atoms with Crippen molar-refractivity contribution in [2.24, 2.45) is 0 Å². The number of thioether (sulfide) groups is 1. The standard InChI is InChI=1S/C20H18N2O5S2/c23-16-12-14(18(26)21(16)11-5-10-17(24)25)22-19(27)15(29-20(22)28)9-4-8-13-6-2-1-3-7-13/h1-4,6-9,14H,5,10-12H2,(H,24,25)/p-1/b8-4+,15-9-/t14-/m0/s1. The van der Waals surface area contributed by atoms with Crippen LogP contribution >= 0.6 is 24.0 Å². The van der Waals surface area contributed by atoms with E-state index in [1.54, 1.807) is 12.2 Å². The highest BCUT2D eigenvalue weighted by Crippen LogP contribution is 2.35. The number of carboxylic acid groups (broad SMARTS) is 1. The lowest BCUT2D eigenvalue weighted by Gasteiger charge is -2.21. The van der Waals surface area contributed by atoms with Gasteiger partial charge in [0.05, 0.1) is 11.3 Å². The largest absolute Gasteiger partial charge is 0.550 e. The fraction of sp³-hybridized carbons (Fsp3) is 0.250. The fourth-order valence-corrected chi connectivity index (χ4v) is 4.37. The maximum Gasteiger partial charge on any atom is 0.266 e. The van der Waals surface area contributed by atoms with Crippen LogP contribution in [0.4, 0.5) is 0 Å². The molecule has 0 spiro atoms. The number of hydrogen-bond acceptors (Lipinski definition) is 7. The highest BCUT2D eigenvalue weighted by atomic mass is 32.2.